The molecule has 1 aromatic heterocycles. The average Bonchev–Trinajstić information content (AvgIpc) is 2.86. The molecule has 0 fully saturated rings. The third kappa shape index (κ3) is 2.88. The van der Waals surface area contributed by atoms with E-state index in [-0.39, 0.29) is 11.6 Å². The van der Waals surface area contributed by atoms with E-state index >= 15 is 0 Å². The van der Waals surface area contributed by atoms with Gasteiger partial charge in [0.2, 0.25) is 0 Å². The summed E-state index contributed by atoms with van der Waals surface area (Å²) in [6.07, 6.45) is 1.71. The third-order valence-electron chi connectivity index (χ3n) is 2.69. The van der Waals surface area contributed by atoms with Crippen LogP contribution >= 0.6 is 22.9 Å². The van der Waals surface area contributed by atoms with Crippen LogP contribution in [0.25, 0.3) is 0 Å². The molecule has 0 unspecified atom stereocenters. The molecule has 0 aliphatic carbocycles. The number of hydrogen-bond acceptors (Lipinski definition) is 4. The molecule has 2 rings (SSSR count). The molecule has 0 atom stereocenters. The number of para-hydroxylation sites is 1. The van der Waals surface area contributed by atoms with Crippen molar-refractivity contribution >= 4 is 34.5 Å². The fourth-order valence-corrected chi connectivity index (χ4v) is 2.56. The molecule has 0 saturated carbocycles. The Labute approximate surface area is 120 Å². The van der Waals surface area contributed by atoms with Gasteiger partial charge in [-0.05, 0) is 26.0 Å². The van der Waals surface area contributed by atoms with Gasteiger partial charge in [-0.1, -0.05) is 17.7 Å². The van der Waals surface area contributed by atoms with Crippen LogP contribution in [0.3, 0.4) is 0 Å². The molecular weight excluding hydrogens is 282 g/mol. The number of amides is 1. The summed E-state index contributed by atoms with van der Waals surface area (Å²) in [6.45, 7) is 3.79. The number of carbonyl (C=O) groups is 1. The highest BCUT2D eigenvalue weighted by Crippen LogP contribution is 2.25. The van der Waals surface area contributed by atoms with E-state index in [2.05, 4.69) is 10.3 Å². The summed E-state index contributed by atoms with van der Waals surface area (Å²) in [6, 6.07) is 5.00. The summed E-state index contributed by atoms with van der Waals surface area (Å²) in [7, 11) is 0. The fraction of sp³-hybridized carbons (Fsp3) is 0.231. The van der Waals surface area contributed by atoms with Crippen LogP contribution in [0.2, 0.25) is 5.02 Å². The molecule has 19 heavy (non-hydrogen) atoms. The summed E-state index contributed by atoms with van der Waals surface area (Å²) in [5.41, 5.74) is 5.92. The first-order chi connectivity index (χ1) is 8.92. The number of rotatable bonds is 3. The highest BCUT2D eigenvalue weighted by molar-refractivity contribution is 7.09. The van der Waals surface area contributed by atoms with Crippen LogP contribution in [-0.2, 0) is 5.54 Å². The lowest BCUT2D eigenvalue weighted by Gasteiger charge is -2.24. The van der Waals surface area contributed by atoms with Gasteiger partial charge >= 0.3 is 0 Å². The van der Waals surface area contributed by atoms with Crippen molar-refractivity contribution in [2.45, 2.75) is 19.4 Å². The molecule has 1 heterocycles. The van der Waals surface area contributed by atoms with Crippen LogP contribution in [0.1, 0.15) is 29.2 Å². The van der Waals surface area contributed by atoms with E-state index in [1.165, 1.54) is 11.3 Å². The second kappa shape index (κ2) is 5.19. The Bertz CT molecular complexity index is 596. The molecule has 6 heteroatoms. The van der Waals surface area contributed by atoms with Crippen molar-refractivity contribution < 1.29 is 4.79 Å². The van der Waals surface area contributed by atoms with Crippen LogP contribution in [0.5, 0.6) is 0 Å². The first-order valence-electron chi connectivity index (χ1n) is 5.68. The lowest BCUT2D eigenvalue weighted by Crippen LogP contribution is -2.41. The van der Waals surface area contributed by atoms with E-state index in [1.54, 1.807) is 24.4 Å². The first kappa shape index (κ1) is 13.8. The van der Waals surface area contributed by atoms with Crippen molar-refractivity contribution in [3.63, 3.8) is 0 Å². The molecule has 0 bridgehead atoms. The standard InChI is InChI=1S/C13H14ClN3OS/c1-13(2,12-16-6-7-19-12)17-11(18)8-4-3-5-9(14)10(8)15/h3-7H,15H2,1-2H3,(H,17,18). The zero-order valence-electron chi connectivity index (χ0n) is 10.6. The molecule has 2 aromatic rings. The monoisotopic (exact) mass is 295 g/mol. The molecule has 100 valence electrons. The van der Waals surface area contributed by atoms with Crippen LogP contribution < -0.4 is 11.1 Å². The second-order valence-corrected chi connectivity index (χ2v) is 5.92. The fourth-order valence-electron chi connectivity index (χ4n) is 1.67. The lowest BCUT2D eigenvalue weighted by atomic mass is 10.1. The zero-order chi connectivity index (χ0) is 14.0. The molecule has 1 amide bonds. The maximum absolute atomic E-state index is 12.3. The molecule has 4 nitrogen and oxygen atoms in total. The van der Waals surface area contributed by atoms with Crippen molar-refractivity contribution in [2.75, 3.05) is 5.73 Å². The van der Waals surface area contributed by atoms with Gasteiger partial charge in [-0.3, -0.25) is 4.79 Å². The predicted molar refractivity (Wildman–Crippen MR) is 78.5 cm³/mol. The number of nitrogens with zero attached hydrogens (tertiary/aromatic N) is 1. The molecule has 0 saturated heterocycles. The molecule has 0 aliphatic rings. The maximum Gasteiger partial charge on any atom is 0.254 e. The van der Waals surface area contributed by atoms with Gasteiger partial charge in [-0.25, -0.2) is 4.98 Å². The smallest absolute Gasteiger partial charge is 0.254 e. The first-order valence-corrected chi connectivity index (χ1v) is 6.94. The number of halogens is 1. The van der Waals surface area contributed by atoms with Gasteiger partial charge in [0.25, 0.3) is 5.91 Å². The Kier molecular flexibility index (Phi) is 3.78. The molecule has 0 spiro atoms. The van der Waals surface area contributed by atoms with E-state index in [1.807, 2.05) is 19.2 Å². The molecular formula is C13H14ClN3OS. The number of anilines is 1. The summed E-state index contributed by atoms with van der Waals surface area (Å²) in [4.78, 5) is 16.5. The van der Waals surface area contributed by atoms with Gasteiger partial charge in [0, 0.05) is 11.6 Å². The minimum absolute atomic E-state index is 0.264. The minimum atomic E-state index is -0.556. The van der Waals surface area contributed by atoms with Gasteiger partial charge in [0.05, 0.1) is 21.8 Å². The van der Waals surface area contributed by atoms with Gasteiger partial charge < -0.3 is 11.1 Å². The molecule has 0 aliphatic heterocycles. The van der Waals surface area contributed by atoms with Crippen LogP contribution in [0, 0.1) is 0 Å². The lowest BCUT2D eigenvalue weighted by molar-refractivity contribution is 0.0913. The maximum atomic E-state index is 12.3. The second-order valence-electron chi connectivity index (χ2n) is 4.62. The quantitative estimate of drug-likeness (QED) is 0.855. The Morgan fingerprint density at radius 1 is 1.47 bits per heavy atom. The van der Waals surface area contributed by atoms with E-state index in [0.717, 1.165) is 5.01 Å². The topological polar surface area (TPSA) is 68.0 Å². The number of benzene rings is 1. The van der Waals surface area contributed by atoms with E-state index in [4.69, 9.17) is 17.3 Å². The SMILES string of the molecule is CC(C)(NC(=O)c1cccc(Cl)c1N)c1nccs1. The van der Waals surface area contributed by atoms with E-state index in [9.17, 15) is 4.79 Å². The largest absolute Gasteiger partial charge is 0.397 e. The van der Waals surface area contributed by atoms with Gasteiger partial charge in [-0.15, -0.1) is 11.3 Å². The van der Waals surface area contributed by atoms with E-state index in [0.29, 0.717) is 10.6 Å². The molecule has 1 aromatic carbocycles. The Morgan fingerprint density at radius 3 is 2.84 bits per heavy atom. The van der Waals surface area contributed by atoms with Crippen molar-refractivity contribution in [3.8, 4) is 0 Å². The van der Waals surface area contributed by atoms with Gasteiger partial charge in [0.1, 0.15) is 5.01 Å². The highest BCUT2D eigenvalue weighted by atomic mass is 35.5. The number of carbonyl (C=O) groups excluding carboxylic acids is 1. The minimum Gasteiger partial charge on any atom is -0.397 e. The highest BCUT2D eigenvalue weighted by Gasteiger charge is 2.26. The molecule has 0 radical (unpaired) electrons. The van der Waals surface area contributed by atoms with Crippen LogP contribution in [0.4, 0.5) is 5.69 Å². The normalized spacial score (nSPS) is 11.3. The zero-order valence-corrected chi connectivity index (χ0v) is 12.2. The number of hydrogen-bond donors (Lipinski definition) is 2. The number of thiazole rings is 1. The average molecular weight is 296 g/mol. The van der Waals surface area contributed by atoms with Crippen LogP contribution in [0.15, 0.2) is 29.8 Å². The van der Waals surface area contributed by atoms with Crippen molar-refractivity contribution in [3.05, 3.63) is 45.4 Å². The number of nitrogens with two attached hydrogens (primary N) is 1. The number of nitrogen functional groups attached to an aromatic ring is 1. The van der Waals surface area contributed by atoms with Crippen molar-refractivity contribution in [1.29, 1.82) is 0 Å². The Morgan fingerprint density at radius 2 is 2.21 bits per heavy atom. The summed E-state index contributed by atoms with van der Waals surface area (Å²) >= 11 is 7.40. The summed E-state index contributed by atoms with van der Waals surface area (Å²) in [5.74, 6) is -0.264. The van der Waals surface area contributed by atoms with Gasteiger partial charge in [-0.2, -0.15) is 0 Å². The van der Waals surface area contributed by atoms with Crippen LogP contribution in [-0.4, -0.2) is 10.9 Å². The van der Waals surface area contributed by atoms with Gasteiger partial charge in [0.15, 0.2) is 0 Å². The number of nitrogens with one attached hydrogen (secondary N) is 1. The van der Waals surface area contributed by atoms with Crippen molar-refractivity contribution in [2.24, 2.45) is 0 Å². The van der Waals surface area contributed by atoms with E-state index < -0.39 is 5.54 Å². The Hall–Kier alpha value is -1.59. The summed E-state index contributed by atoms with van der Waals surface area (Å²) < 4.78 is 0. The number of aromatic nitrogens is 1. The summed E-state index contributed by atoms with van der Waals surface area (Å²) in [5, 5.41) is 5.99. The third-order valence-corrected chi connectivity index (χ3v) is 4.12. The van der Waals surface area contributed by atoms with Crippen molar-refractivity contribution in [1.82, 2.24) is 10.3 Å². The Balaban J connectivity index is 2.24. The molecule has 3 N–H and O–H groups in total. The predicted octanol–water partition coefficient (Wildman–Crippen LogP) is 3.04.